The minimum atomic E-state index is 0.213. The van der Waals surface area contributed by atoms with Crippen molar-refractivity contribution < 1.29 is 4.79 Å². The minimum absolute atomic E-state index is 0.213. The van der Waals surface area contributed by atoms with Gasteiger partial charge in [-0.05, 0) is 43.2 Å². The van der Waals surface area contributed by atoms with Gasteiger partial charge in [0.25, 0.3) is 5.91 Å². The number of nitrogens with zero attached hydrogens (tertiary/aromatic N) is 1. The third kappa shape index (κ3) is 3.56. The Morgan fingerprint density at radius 2 is 2.17 bits per heavy atom. The molecule has 4 heteroatoms. The molecule has 0 radical (unpaired) electrons. The van der Waals surface area contributed by atoms with Crippen LogP contribution in [0.3, 0.4) is 0 Å². The van der Waals surface area contributed by atoms with Crippen molar-refractivity contribution >= 4 is 17.2 Å². The van der Waals surface area contributed by atoms with Crippen molar-refractivity contribution in [2.24, 2.45) is 11.7 Å². The summed E-state index contributed by atoms with van der Waals surface area (Å²) >= 11 is 1.54. The highest BCUT2D eigenvalue weighted by atomic mass is 32.1. The van der Waals surface area contributed by atoms with Gasteiger partial charge in [-0.3, -0.25) is 4.79 Å². The number of thiophene rings is 1. The van der Waals surface area contributed by atoms with E-state index < -0.39 is 0 Å². The van der Waals surface area contributed by atoms with Gasteiger partial charge in [-0.25, -0.2) is 0 Å². The summed E-state index contributed by atoms with van der Waals surface area (Å²) in [5, 5.41) is 1.97. The Morgan fingerprint density at radius 1 is 1.39 bits per heavy atom. The quantitative estimate of drug-likeness (QED) is 0.833. The van der Waals surface area contributed by atoms with Gasteiger partial charge >= 0.3 is 0 Å². The van der Waals surface area contributed by atoms with Crippen molar-refractivity contribution in [2.75, 3.05) is 19.6 Å². The Balaban J connectivity index is 1.75. The molecule has 1 aromatic rings. The average molecular weight is 266 g/mol. The second kappa shape index (κ2) is 6.90. The number of carbonyl (C=O) groups is 1. The molecule has 2 rings (SSSR count). The van der Waals surface area contributed by atoms with Crippen molar-refractivity contribution in [1.82, 2.24) is 4.90 Å². The van der Waals surface area contributed by atoms with Crippen LogP contribution in [0.4, 0.5) is 0 Å². The van der Waals surface area contributed by atoms with E-state index in [0.29, 0.717) is 0 Å². The largest absolute Gasteiger partial charge is 0.338 e. The molecule has 0 aliphatic carbocycles. The van der Waals surface area contributed by atoms with E-state index in [2.05, 4.69) is 0 Å². The molecular weight excluding hydrogens is 244 g/mol. The van der Waals surface area contributed by atoms with Crippen LogP contribution in [0.25, 0.3) is 0 Å². The second-order valence-electron chi connectivity index (χ2n) is 5.00. The summed E-state index contributed by atoms with van der Waals surface area (Å²) in [5.74, 6) is 1.01. The molecule has 0 saturated carbocycles. The zero-order valence-corrected chi connectivity index (χ0v) is 11.6. The lowest BCUT2D eigenvalue weighted by atomic mass is 9.91. The van der Waals surface area contributed by atoms with Crippen LogP contribution in [0.15, 0.2) is 17.5 Å². The summed E-state index contributed by atoms with van der Waals surface area (Å²) in [7, 11) is 0. The van der Waals surface area contributed by atoms with Gasteiger partial charge < -0.3 is 10.6 Å². The van der Waals surface area contributed by atoms with Gasteiger partial charge in [0.1, 0.15) is 0 Å². The molecule has 100 valence electrons. The Morgan fingerprint density at radius 3 is 2.78 bits per heavy atom. The predicted octanol–water partition coefficient (Wildman–Crippen LogP) is 2.73. The molecule has 1 saturated heterocycles. The van der Waals surface area contributed by atoms with Gasteiger partial charge in [-0.1, -0.05) is 18.9 Å². The molecule has 2 N–H and O–H groups in total. The Labute approximate surface area is 113 Å². The third-order valence-electron chi connectivity index (χ3n) is 3.70. The summed E-state index contributed by atoms with van der Waals surface area (Å²) in [4.78, 5) is 15.0. The van der Waals surface area contributed by atoms with Crippen LogP contribution >= 0.6 is 11.3 Å². The molecule has 1 aliphatic heterocycles. The van der Waals surface area contributed by atoms with Gasteiger partial charge in [-0.15, -0.1) is 11.3 Å². The number of amides is 1. The zero-order valence-electron chi connectivity index (χ0n) is 10.8. The van der Waals surface area contributed by atoms with E-state index in [9.17, 15) is 4.79 Å². The Bertz CT molecular complexity index is 356. The van der Waals surface area contributed by atoms with Crippen LogP contribution in [-0.4, -0.2) is 30.4 Å². The van der Waals surface area contributed by atoms with E-state index >= 15 is 0 Å². The van der Waals surface area contributed by atoms with Gasteiger partial charge in [0.15, 0.2) is 0 Å². The molecule has 0 aromatic carbocycles. The standard InChI is InChI=1S/C14H22N2OS/c15-8-2-1-4-12-6-9-16(10-7-12)14(17)13-5-3-11-18-13/h3,5,11-12H,1-2,4,6-10,15H2. The molecule has 0 spiro atoms. The summed E-state index contributed by atoms with van der Waals surface area (Å²) in [6.07, 6.45) is 5.95. The number of piperidine rings is 1. The van der Waals surface area contributed by atoms with E-state index in [1.165, 1.54) is 24.2 Å². The van der Waals surface area contributed by atoms with E-state index in [1.807, 2.05) is 22.4 Å². The SMILES string of the molecule is NCCCCC1CCN(C(=O)c2cccs2)CC1. The van der Waals surface area contributed by atoms with Gasteiger partial charge in [-0.2, -0.15) is 0 Å². The fraction of sp³-hybridized carbons (Fsp3) is 0.643. The van der Waals surface area contributed by atoms with E-state index in [4.69, 9.17) is 5.73 Å². The number of rotatable bonds is 5. The lowest BCUT2D eigenvalue weighted by Gasteiger charge is -2.31. The topological polar surface area (TPSA) is 46.3 Å². The maximum Gasteiger partial charge on any atom is 0.263 e. The van der Waals surface area contributed by atoms with Crippen molar-refractivity contribution in [3.8, 4) is 0 Å². The molecule has 0 unspecified atom stereocenters. The Kier molecular flexibility index (Phi) is 5.20. The second-order valence-corrected chi connectivity index (χ2v) is 5.95. The maximum absolute atomic E-state index is 12.1. The molecule has 1 aromatic heterocycles. The highest BCUT2D eigenvalue weighted by Crippen LogP contribution is 2.24. The Hall–Kier alpha value is -0.870. The number of unbranched alkanes of at least 4 members (excludes halogenated alkanes) is 1. The van der Waals surface area contributed by atoms with Crippen molar-refractivity contribution in [2.45, 2.75) is 32.1 Å². The molecule has 18 heavy (non-hydrogen) atoms. The zero-order chi connectivity index (χ0) is 12.8. The number of hydrogen-bond donors (Lipinski definition) is 1. The number of hydrogen-bond acceptors (Lipinski definition) is 3. The number of likely N-dealkylation sites (tertiary alicyclic amines) is 1. The van der Waals surface area contributed by atoms with Gasteiger partial charge in [0.05, 0.1) is 4.88 Å². The van der Waals surface area contributed by atoms with Crippen molar-refractivity contribution in [3.05, 3.63) is 22.4 Å². The van der Waals surface area contributed by atoms with Gasteiger partial charge in [0.2, 0.25) is 0 Å². The first kappa shape index (κ1) is 13.6. The van der Waals surface area contributed by atoms with Crippen LogP contribution < -0.4 is 5.73 Å². The molecule has 2 heterocycles. The lowest BCUT2D eigenvalue weighted by molar-refractivity contribution is 0.0691. The first-order valence-electron chi connectivity index (χ1n) is 6.84. The molecule has 0 atom stereocenters. The van der Waals surface area contributed by atoms with Crippen molar-refractivity contribution in [1.29, 1.82) is 0 Å². The van der Waals surface area contributed by atoms with Gasteiger partial charge in [0, 0.05) is 13.1 Å². The highest BCUT2D eigenvalue weighted by Gasteiger charge is 2.23. The monoisotopic (exact) mass is 266 g/mol. The van der Waals surface area contributed by atoms with Crippen molar-refractivity contribution in [3.63, 3.8) is 0 Å². The van der Waals surface area contributed by atoms with Crippen LogP contribution in [-0.2, 0) is 0 Å². The number of carbonyl (C=O) groups excluding carboxylic acids is 1. The van der Waals surface area contributed by atoms with E-state index in [0.717, 1.165) is 49.7 Å². The minimum Gasteiger partial charge on any atom is -0.338 e. The average Bonchev–Trinajstić information content (AvgIpc) is 2.93. The molecular formula is C14H22N2OS. The molecule has 1 amide bonds. The van der Waals surface area contributed by atoms with Crippen LogP contribution in [0, 0.1) is 5.92 Å². The van der Waals surface area contributed by atoms with Crippen LogP contribution in [0.5, 0.6) is 0 Å². The smallest absolute Gasteiger partial charge is 0.263 e. The third-order valence-corrected chi connectivity index (χ3v) is 4.56. The fourth-order valence-corrected chi connectivity index (χ4v) is 3.25. The highest BCUT2D eigenvalue weighted by molar-refractivity contribution is 7.12. The van der Waals surface area contributed by atoms with Crippen LogP contribution in [0.1, 0.15) is 41.8 Å². The lowest BCUT2D eigenvalue weighted by Crippen LogP contribution is -2.38. The summed E-state index contributed by atoms with van der Waals surface area (Å²) < 4.78 is 0. The summed E-state index contributed by atoms with van der Waals surface area (Å²) in [5.41, 5.74) is 5.51. The number of nitrogens with two attached hydrogens (primary N) is 1. The fourth-order valence-electron chi connectivity index (χ4n) is 2.56. The van der Waals surface area contributed by atoms with E-state index in [-0.39, 0.29) is 5.91 Å². The first-order chi connectivity index (χ1) is 8.81. The summed E-state index contributed by atoms with van der Waals surface area (Å²) in [6, 6.07) is 3.86. The summed E-state index contributed by atoms with van der Waals surface area (Å²) in [6.45, 7) is 2.64. The molecule has 1 aliphatic rings. The first-order valence-corrected chi connectivity index (χ1v) is 7.72. The predicted molar refractivity (Wildman–Crippen MR) is 75.9 cm³/mol. The molecule has 1 fully saturated rings. The normalized spacial score (nSPS) is 17.1. The molecule has 3 nitrogen and oxygen atoms in total. The molecule has 0 bridgehead atoms. The maximum atomic E-state index is 12.1. The van der Waals surface area contributed by atoms with Crippen LogP contribution in [0.2, 0.25) is 0 Å². The van der Waals surface area contributed by atoms with E-state index in [1.54, 1.807) is 0 Å².